The van der Waals surface area contributed by atoms with E-state index in [0.29, 0.717) is 20.3 Å². The average Bonchev–Trinajstić information content (AvgIpc) is 2.33. The van der Waals surface area contributed by atoms with Gasteiger partial charge in [0.1, 0.15) is 0 Å². The predicted octanol–water partition coefficient (Wildman–Crippen LogP) is 1.60. The molecular weight excluding hydrogens is 191 g/mol. The van der Waals surface area contributed by atoms with Crippen LogP contribution in [-0.2, 0) is 0 Å². The summed E-state index contributed by atoms with van der Waals surface area (Å²) in [7, 11) is 0. The van der Waals surface area contributed by atoms with E-state index in [-0.39, 0.29) is 0 Å². The van der Waals surface area contributed by atoms with Gasteiger partial charge in [-0.3, -0.25) is 0 Å². The molecule has 0 amide bonds. The van der Waals surface area contributed by atoms with Gasteiger partial charge >= 0.3 is 64.2 Å². The Balaban J connectivity index is 2.86. The SMILES string of the molecule is Oc1ccc2c[se]cc2c1. The Morgan fingerprint density at radius 3 is 2.80 bits per heavy atom. The Morgan fingerprint density at radius 1 is 1.10 bits per heavy atom. The molecule has 0 aliphatic carbocycles. The van der Waals surface area contributed by atoms with Gasteiger partial charge in [0, 0.05) is 0 Å². The van der Waals surface area contributed by atoms with Crippen LogP contribution in [0.1, 0.15) is 0 Å². The second kappa shape index (κ2) is 2.15. The molecule has 0 atom stereocenters. The molecule has 1 nitrogen and oxygen atoms in total. The summed E-state index contributed by atoms with van der Waals surface area (Å²) in [5, 5.41) is 11.5. The molecule has 1 aromatic carbocycles. The van der Waals surface area contributed by atoms with E-state index in [1.165, 1.54) is 10.8 Å². The third-order valence-corrected chi connectivity index (χ3v) is 3.10. The molecule has 0 bridgehead atoms. The fourth-order valence-electron chi connectivity index (χ4n) is 0.952. The first-order valence-electron chi connectivity index (χ1n) is 3.01. The van der Waals surface area contributed by atoms with Crippen molar-refractivity contribution in [1.82, 2.24) is 0 Å². The van der Waals surface area contributed by atoms with Gasteiger partial charge in [-0.25, -0.2) is 0 Å². The molecule has 1 heterocycles. The average molecular weight is 197 g/mol. The molecule has 0 aliphatic rings. The first kappa shape index (κ1) is 6.02. The Kier molecular flexibility index (Phi) is 1.30. The summed E-state index contributed by atoms with van der Waals surface area (Å²) in [6, 6.07) is 5.49. The standard InChI is InChI=1S/C8H6OSe/c9-8-2-1-6-4-10-5-7(6)3-8/h1-5,9H. The zero-order valence-corrected chi connectivity index (χ0v) is 6.96. The summed E-state index contributed by atoms with van der Waals surface area (Å²) < 4.78 is 0. The molecule has 50 valence electrons. The van der Waals surface area contributed by atoms with E-state index < -0.39 is 0 Å². The zero-order chi connectivity index (χ0) is 6.97. The molecule has 1 aromatic heterocycles. The van der Waals surface area contributed by atoms with E-state index >= 15 is 0 Å². The summed E-state index contributed by atoms with van der Waals surface area (Å²) in [6.07, 6.45) is 0. The number of hydrogen-bond donors (Lipinski definition) is 1. The van der Waals surface area contributed by atoms with Crippen LogP contribution in [0, 0.1) is 0 Å². The van der Waals surface area contributed by atoms with Crippen LogP contribution in [-0.4, -0.2) is 19.6 Å². The van der Waals surface area contributed by atoms with E-state index in [0.717, 1.165) is 0 Å². The van der Waals surface area contributed by atoms with E-state index in [4.69, 9.17) is 5.11 Å². The van der Waals surface area contributed by atoms with Crippen LogP contribution >= 0.6 is 0 Å². The summed E-state index contributed by atoms with van der Waals surface area (Å²) in [5.74, 6) is 0.362. The predicted molar refractivity (Wildman–Crippen MR) is 42.6 cm³/mol. The van der Waals surface area contributed by atoms with Crippen molar-refractivity contribution in [3.63, 3.8) is 0 Å². The van der Waals surface area contributed by atoms with Gasteiger partial charge in [0.05, 0.1) is 0 Å². The van der Waals surface area contributed by atoms with Crippen LogP contribution < -0.4 is 0 Å². The third kappa shape index (κ3) is 0.859. The number of rotatable bonds is 0. The molecule has 0 saturated heterocycles. The van der Waals surface area contributed by atoms with Crippen molar-refractivity contribution >= 4 is 25.3 Å². The number of hydrogen-bond acceptors (Lipinski definition) is 1. The monoisotopic (exact) mass is 198 g/mol. The van der Waals surface area contributed by atoms with Gasteiger partial charge in [-0.05, 0) is 0 Å². The molecule has 0 aliphatic heterocycles. The Morgan fingerprint density at radius 2 is 1.90 bits per heavy atom. The number of phenolic OH excluding ortho intramolecular Hbond substituents is 1. The molecule has 2 rings (SSSR count). The molecule has 0 fully saturated rings. The minimum absolute atomic E-state index is 0.362. The van der Waals surface area contributed by atoms with E-state index in [1.807, 2.05) is 6.07 Å². The molecule has 2 heteroatoms. The fourth-order valence-corrected chi connectivity index (χ4v) is 2.59. The Labute approximate surface area is 64.7 Å². The normalized spacial score (nSPS) is 10.4. The Hall–Kier alpha value is -0.721. The van der Waals surface area contributed by atoms with E-state index in [9.17, 15) is 0 Å². The van der Waals surface area contributed by atoms with Crippen molar-refractivity contribution in [2.24, 2.45) is 0 Å². The molecule has 0 spiro atoms. The number of phenols is 1. The van der Waals surface area contributed by atoms with Gasteiger partial charge in [-0.15, -0.1) is 0 Å². The second-order valence-electron chi connectivity index (χ2n) is 2.19. The van der Waals surface area contributed by atoms with E-state index in [1.54, 1.807) is 12.1 Å². The fraction of sp³-hybridized carbons (Fsp3) is 0. The van der Waals surface area contributed by atoms with Gasteiger partial charge in [-0.1, -0.05) is 0 Å². The quantitative estimate of drug-likeness (QED) is 0.636. The minimum atomic E-state index is 0.362. The first-order chi connectivity index (χ1) is 4.86. The number of fused-ring (bicyclic) bond motifs is 1. The van der Waals surface area contributed by atoms with Crippen molar-refractivity contribution in [2.45, 2.75) is 0 Å². The molecule has 0 radical (unpaired) electrons. The first-order valence-corrected chi connectivity index (χ1v) is 4.99. The van der Waals surface area contributed by atoms with Crippen molar-refractivity contribution in [3.8, 4) is 5.75 Å². The topological polar surface area (TPSA) is 20.2 Å². The summed E-state index contributed by atoms with van der Waals surface area (Å²) in [4.78, 5) is 4.38. The third-order valence-electron chi connectivity index (χ3n) is 1.46. The number of aromatic hydroxyl groups is 1. The maximum atomic E-state index is 9.07. The molecule has 10 heavy (non-hydrogen) atoms. The van der Waals surface area contributed by atoms with Crippen LogP contribution in [0.2, 0.25) is 0 Å². The second-order valence-corrected chi connectivity index (χ2v) is 3.75. The molecule has 0 unspecified atom stereocenters. The summed E-state index contributed by atoms with van der Waals surface area (Å²) in [5.41, 5.74) is 0. The zero-order valence-electron chi connectivity index (χ0n) is 5.24. The summed E-state index contributed by atoms with van der Waals surface area (Å²) in [6.45, 7) is 0. The van der Waals surface area contributed by atoms with Crippen LogP contribution in [0.5, 0.6) is 5.75 Å². The van der Waals surface area contributed by atoms with Crippen LogP contribution in [0.25, 0.3) is 10.8 Å². The van der Waals surface area contributed by atoms with Gasteiger partial charge < -0.3 is 0 Å². The van der Waals surface area contributed by atoms with Crippen LogP contribution in [0.15, 0.2) is 28.1 Å². The van der Waals surface area contributed by atoms with Crippen molar-refractivity contribution in [3.05, 3.63) is 28.1 Å². The molecule has 2 aromatic rings. The van der Waals surface area contributed by atoms with E-state index in [2.05, 4.69) is 9.88 Å². The van der Waals surface area contributed by atoms with Crippen molar-refractivity contribution in [1.29, 1.82) is 0 Å². The van der Waals surface area contributed by atoms with Crippen molar-refractivity contribution in [2.75, 3.05) is 0 Å². The maximum absolute atomic E-state index is 9.07. The van der Waals surface area contributed by atoms with Crippen LogP contribution in [0.3, 0.4) is 0 Å². The van der Waals surface area contributed by atoms with Crippen LogP contribution in [0.4, 0.5) is 0 Å². The van der Waals surface area contributed by atoms with Crippen molar-refractivity contribution < 1.29 is 5.11 Å². The van der Waals surface area contributed by atoms with Gasteiger partial charge in [0.25, 0.3) is 0 Å². The summed E-state index contributed by atoms with van der Waals surface area (Å²) >= 11 is 0.510. The van der Waals surface area contributed by atoms with Gasteiger partial charge in [-0.2, -0.15) is 0 Å². The van der Waals surface area contributed by atoms with Gasteiger partial charge in [0.15, 0.2) is 0 Å². The molecule has 1 N–H and O–H groups in total. The Bertz CT molecular complexity index is 351. The number of benzene rings is 1. The molecular formula is C8H6OSe. The van der Waals surface area contributed by atoms with Gasteiger partial charge in [0.2, 0.25) is 0 Å². The molecule has 0 saturated carbocycles.